The second kappa shape index (κ2) is 9.19. The molecule has 0 spiro atoms. The predicted molar refractivity (Wildman–Crippen MR) is 121 cm³/mol. The third-order valence-corrected chi connectivity index (χ3v) is 6.76. The average molecular weight is 558 g/mol. The minimum absolute atomic E-state index is 0.0824. The van der Waals surface area contributed by atoms with Crippen LogP contribution in [0.15, 0.2) is 66.9 Å². The quantitative estimate of drug-likeness (QED) is 0.275. The van der Waals surface area contributed by atoms with Crippen LogP contribution in [-0.4, -0.2) is 38.6 Å². The molecule has 2 aromatic carbocycles. The number of hydrogen-bond acceptors (Lipinski definition) is 4. The Labute approximate surface area is 214 Å². The summed E-state index contributed by atoms with van der Waals surface area (Å²) >= 11 is 0. The third kappa shape index (κ3) is 4.39. The molecule has 0 aliphatic heterocycles. The fourth-order valence-corrected chi connectivity index (χ4v) is 4.93. The van der Waals surface area contributed by atoms with Crippen LogP contribution in [0.4, 0.5) is 35.1 Å². The van der Waals surface area contributed by atoms with E-state index in [1.807, 2.05) is 0 Å². The first kappa shape index (κ1) is 26.9. The van der Waals surface area contributed by atoms with Crippen LogP contribution in [0.1, 0.15) is 41.0 Å². The molecular weight excluding hydrogens is 540 g/mol. The van der Waals surface area contributed by atoms with Gasteiger partial charge in [-0.05, 0) is 35.7 Å². The van der Waals surface area contributed by atoms with Crippen molar-refractivity contribution in [3.63, 3.8) is 0 Å². The molecule has 13 heteroatoms. The summed E-state index contributed by atoms with van der Waals surface area (Å²) in [5.41, 5.74) is -4.31. The lowest BCUT2D eigenvalue weighted by Crippen LogP contribution is -2.53. The number of para-hydroxylation sites is 1. The Morgan fingerprint density at radius 2 is 1.49 bits per heavy atom. The molecule has 2 unspecified atom stereocenters. The highest BCUT2D eigenvalue weighted by molar-refractivity contribution is 5.66. The molecule has 4 aromatic rings. The van der Waals surface area contributed by atoms with E-state index in [0.717, 1.165) is 12.1 Å². The summed E-state index contributed by atoms with van der Waals surface area (Å²) in [6.45, 7) is -3.08. The first-order chi connectivity index (χ1) is 18.2. The van der Waals surface area contributed by atoms with Gasteiger partial charge in [0.05, 0.1) is 17.5 Å². The van der Waals surface area contributed by atoms with Gasteiger partial charge in [0.2, 0.25) is 0 Å². The van der Waals surface area contributed by atoms with Crippen molar-refractivity contribution < 1.29 is 50.1 Å². The molecule has 5 nitrogen and oxygen atoms in total. The van der Waals surface area contributed by atoms with E-state index in [-0.39, 0.29) is 17.7 Å². The number of rotatable bonds is 5. The van der Waals surface area contributed by atoms with Crippen LogP contribution < -0.4 is 4.74 Å². The van der Waals surface area contributed by atoms with Gasteiger partial charge in [-0.25, -0.2) is 4.98 Å². The highest BCUT2D eigenvalue weighted by Crippen LogP contribution is 2.50. The largest absolute Gasteiger partial charge is 0.435 e. The molecule has 0 bridgehead atoms. The van der Waals surface area contributed by atoms with Gasteiger partial charge in [0.25, 0.3) is 5.60 Å². The lowest BCUT2D eigenvalue weighted by atomic mass is 9.91. The van der Waals surface area contributed by atoms with Crippen molar-refractivity contribution in [2.45, 2.75) is 43.0 Å². The van der Waals surface area contributed by atoms with Crippen LogP contribution in [0.3, 0.4) is 0 Å². The Morgan fingerprint density at radius 3 is 2.10 bits per heavy atom. The molecule has 39 heavy (non-hydrogen) atoms. The maximum atomic E-state index is 13.2. The fourth-order valence-electron chi connectivity index (χ4n) is 4.93. The van der Waals surface area contributed by atoms with E-state index in [4.69, 9.17) is 0 Å². The first-order valence-electron chi connectivity index (χ1n) is 11.4. The number of benzene rings is 2. The molecule has 0 fully saturated rings. The van der Waals surface area contributed by atoms with Crippen molar-refractivity contribution in [1.29, 1.82) is 0 Å². The van der Waals surface area contributed by atoms with Crippen molar-refractivity contribution >= 4 is 5.65 Å². The molecule has 2 N–H and O–H groups in total. The van der Waals surface area contributed by atoms with Crippen molar-refractivity contribution in [2.24, 2.45) is 0 Å². The third-order valence-electron chi connectivity index (χ3n) is 6.76. The van der Waals surface area contributed by atoms with E-state index in [1.165, 1.54) is 30.5 Å². The number of imidazole rings is 1. The molecule has 2 aromatic heterocycles. The molecule has 5 rings (SSSR count). The lowest BCUT2D eigenvalue weighted by Gasteiger charge is -2.32. The van der Waals surface area contributed by atoms with Crippen LogP contribution in [0.25, 0.3) is 16.8 Å². The van der Waals surface area contributed by atoms with Crippen LogP contribution in [0.2, 0.25) is 0 Å². The summed E-state index contributed by atoms with van der Waals surface area (Å²) in [5.74, 6) is -0.688. The van der Waals surface area contributed by atoms with Crippen LogP contribution in [-0.2, 0) is 5.60 Å². The van der Waals surface area contributed by atoms with Gasteiger partial charge in [0.1, 0.15) is 11.4 Å². The van der Waals surface area contributed by atoms with Crippen LogP contribution in [0, 0.1) is 0 Å². The average Bonchev–Trinajstić information content (AvgIpc) is 3.39. The molecule has 1 aliphatic rings. The zero-order valence-corrected chi connectivity index (χ0v) is 19.5. The number of halogens is 8. The van der Waals surface area contributed by atoms with E-state index in [0.29, 0.717) is 40.3 Å². The molecule has 1 aliphatic carbocycles. The number of hydrogen-bond donors (Lipinski definition) is 2. The van der Waals surface area contributed by atoms with E-state index < -0.39 is 42.2 Å². The number of ether oxygens (including phenoxy) is 1. The van der Waals surface area contributed by atoms with Crippen molar-refractivity contribution in [3.8, 4) is 16.9 Å². The summed E-state index contributed by atoms with van der Waals surface area (Å²) in [7, 11) is 0. The number of pyridine rings is 1. The van der Waals surface area contributed by atoms with Crippen molar-refractivity contribution in [3.05, 3.63) is 89.4 Å². The normalized spacial score (nSPS) is 18.1. The molecule has 0 radical (unpaired) electrons. The smallest absolute Gasteiger partial charge is 0.430 e. The van der Waals surface area contributed by atoms with E-state index >= 15 is 0 Å². The Bertz CT molecular complexity index is 1500. The Hall–Kier alpha value is -3.71. The maximum Gasteiger partial charge on any atom is 0.430 e. The molecule has 2 heterocycles. The van der Waals surface area contributed by atoms with Gasteiger partial charge in [-0.2, -0.15) is 35.1 Å². The zero-order valence-electron chi connectivity index (χ0n) is 19.5. The Balaban J connectivity index is 1.57. The second-order valence-corrected chi connectivity index (χ2v) is 9.03. The molecule has 206 valence electrons. The standard InChI is InChI=1S/C26H18F8N2O3/c27-23(28)39-19-4-2-1-3-16(19)17-11-18(37)21-22(17)36-12-14(7-10-20(36)35-21)13-5-8-15(9-6-13)24(38,25(29,30)31)26(32,33)34/h1-10,12,17-18,23,37-38H,11H2. The Kier molecular flexibility index (Phi) is 6.34. The van der Waals surface area contributed by atoms with Gasteiger partial charge in [-0.15, -0.1) is 0 Å². The summed E-state index contributed by atoms with van der Waals surface area (Å²) in [6.07, 6.45) is -11.4. The topological polar surface area (TPSA) is 67.0 Å². The SMILES string of the molecule is OC1CC(c2ccccc2OC(F)F)c2c1nc1ccc(-c3ccc(C(O)(C(F)(F)F)C(F)(F)F)cc3)cn21. The van der Waals surface area contributed by atoms with Crippen LogP contribution >= 0.6 is 0 Å². The monoisotopic (exact) mass is 558 g/mol. The number of aliphatic hydroxyl groups is 2. The minimum Gasteiger partial charge on any atom is -0.435 e. The predicted octanol–water partition coefficient (Wildman–Crippen LogP) is 6.48. The van der Waals surface area contributed by atoms with Gasteiger partial charge in [0.15, 0.2) is 0 Å². The number of aliphatic hydroxyl groups excluding tert-OH is 1. The van der Waals surface area contributed by atoms with Gasteiger partial charge in [0, 0.05) is 23.2 Å². The number of aromatic nitrogens is 2. The number of alkyl halides is 8. The van der Waals surface area contributed by atoms with Gasteiger partial charge < -0.3 is 19.4 Å². The summed E-state index contributed by atoms with van der Waals surface area (Å²) in [6, 6.07) is 12.3. The first-order valence-corrected chi connectivity index (χ1v) is 11.4. The highest BCUT2D eigenvalue weighted by Gasteiger charge is 2.71. The van der Waals surface area contributed by atoms with Gasteiger partial charge in [-0.3, -0.25) is 0 Å². The molecule has 2 atom stereocenters. The number of nitrogens with zero attached hydrogens (tertiary/aromatic N) is 2. The molecule has 0 saturated heterocycles. The summed E-state index contributed by atoms with van der Waals surface area (Å²) in [5, 5.41) is 20.3. The number of fused-ring (bicyclic) bond motifs is 3. The van der Waals surface area contributed by atoms with E-state index in [1.54, 1.807) is 16.5 Å². The summed E-state index contributed by atoms with van der Waals surface area (Å²) < 4.78 is 112. The van der Waals surface area contributed by atoms with E-state index in [2.05, 4.69) is 9.72 Å². The van der Waals surface area contributed by atoms with Crippen molar-refractivity contribution in [2.75, 3.05) is 0 Å². The molecule has 0 saturated carbocycles. The zero-order chi connectivity index (χ0) is 28.3. The molecule has 0 amide bonds. The summed E-state index contributed by atoms with van der Waals surface area (Å²) in [4.78, 5) is 4.42. The van der Waals surface area contributed by atoms with Crippen LogP contribution in [0.5, 0.6) is 5.75 Å². The van der Waals surface area contributed by atoms with Gasteiger partial charge in [-0.1, -0.05) is 42.5 Å². The minimum atomic E-state index is -6.01. The molecular formula is C26H18F8N2O3. The maximum absolute atomic E-state index is 13.2. The van der Waals surface area contributed by atoms with Gasteiger partial charge >= 0.3 is 19.0 Å². The van der Waals surface area contributed by atoms with Crippen molar-refractivity contribution in [1.82, 2.24) is 9.38 Å². The lowest BCUT2D eigenvalue weighted by molar-refractivity contribution is -0.376. The highest BCUT2D eigenvalue weighted by atomic mass is 19.4. The second-order valence-electron chi connectivity index (χ2n) is 9.03. The van der Waals surface area contributed by atoms with E-state index in [9.17, 15) is 45.3 Å². The fraction of sp³-hybridized carbons (Fsp3) is 0.269. The Morgan fingerprint density at radius 1 is 0.872 bits per heavy atom.